The van der Waals surface area contributed by atoms with Crippen LogP contribution in [0.15, 0.2) is 53.6 Å². The molecule has 0 unspecified atom stereocenters. The van der Waals surface area contributed by atoms with Gasteiger partial charge in [0.25, 0.3) is 0 Å². The molecule has 0 saturated carbocycles. The van der Waals surface area contributed by atoms with Crippen LogP contribution < -0.4 is 20.2 Å². The monoisotopic (exact) mass is 355 g/mol. The number of nitrogens with zero attached hydrogens (tertiary/aromatic N) is 1. The summed E-state index contributed by atoms with van der Waals surface area (Å²) in [6, 6.07) is 14.4. The number of amides is 2. The lowest BCUT2D eigenvalue weighted by Crippen LogP contribution is -2.37. The maximum atomic E-state index is 11.8. The van der Waals surface area contributed by atoms with Gasteiger partial charge in [0.2, 0.25) is 0 Å². The molecule has 7 heteroatoms. The number of ether oxygens (including phenoxy) is 2. The number of hydrogen-bond acceptors (Lipinski definition) is 5. The van der Waals surface area contributed by atoms with Gasteiger partial charge in [-0.15, -0.1) is 0 Å². The van der Waals surface area contributed by atoms with Gasteiger partial charge in [-0.05, 0) is 36.8 Å². The van der Waals surface area contributed by atoms with E-state index in [1.807, 2.05) is 19.1 Å². The Morgan fingerprint density at radius 1 is 1.08 bits per heavy atom. The molecule has 0 aliphatic rings. The maximum Gasteiger partial charge on any atom is 0.329 e. The Hall–Kier alpha value is -3.35. The minimum atomic E-state index is -0.844. The molecule has 0 saturated heterocycles. The summed E-state index contributed by atoms with van der Waals surface area (Å²) < 4.78 is 10.5. The maximum absolute atomic E-state index is 11.8. The molecule has 0 atom stereocenters. The van der Waals surface area contributed by atoms with Crippen LogP contribution in [0, 0.1) is 0 Å². The quantitative estimate of drug-likeness (QED) is 0.451. The van der Waals surface area contributed by atoms with E-state index in [1.54, 1.807) is 43.5 Å². The van der Waals surface area contributed by atoms with Crippen molar-refractivity contribution in [3.63, 3.8) is 0 Å². The molecule has 0 fully saturated rings. The van der Waals surface area contributed by atoms with Crippen molar-refractivity contribution in [1.82, 2.24) is 10.7 Å². The minimum absolute atomic E-state index is 0.229. The molecule has 2 amide bonds. The Bertz CT molecular complexity index is 773. The molecule has 26 heavy (non-hydrogen) atoms. The van der Waals surface area contributed by atoms with Gasteiger partial charge in [-0.1, -0.05) is 24.3 Å². The van der Waals surface area contributed by atoms with E-state index in [0.29, 0.717) is 17.9 Å². The summed E-state index contributed by atoms with van der Waals surface area (Å²) in [6.07, 6.45) is 1.43. The van der Waals surface area contributed by atoms with Crippen molar-refractivity contribution in [2.75, 3.05) is 13.7 Å². The largest absolute Gasteiger partial charge is 0.497 e. The molecule has 2 rings (SSSR count). The molecule has 7 nitrogen and oxygen atoms in total. The molecule has 2 aromatic rings. The number of hydrazone groups is 1. The van der Waals surface area contributed by atoms with Gasteiger partial charge in [-0.25, -0.2) is 5.43 Å². The molecule has 0 aliphatic carbocycles. The predicted molar refractivity (Wildman–Crippen MR) is 98.2 cm³/mol. The number of hydrogen-bond donors (Lipinski definition) is 2. The van der Waals surface area contributed by atoms with E-state index >= 15 is 0 Å². The average Bonchev–Trinajstić information content (AvgIpc) is 2.68. The van der Waals surface area contributed by atoms with E-state index in [9.17, 15) is 9.59 Å². The first-order valence-electron chi connectivity index (χ1n) is 8.10. The molecule has 2 aromatic carbocycles. The molecular weight excluding hydrogens is 334 g/mol. The van der Waals surface area contributed by atoms with Gasteiger partial charge in [-0.2, -0.15) is 5.10 Å². The van der Waals surface area contributed by atoms with Gasteiger partial charge in [0.15, 0.2) is 0 Å². The summed E-state index contributed by atoms with van der Waals surface area (Å²) >= 11 is 0. The molecule has 136 valence electrons. The Morgan fingerprint density at radius 2 is 1.81 bits per heavy atom. The first-order valence-corrected chi connectivity index (χ1v) is 8.10. The number of carbonyl (C=O) groups excluding carboxylic acids is 2. The summed E-state index contributed by atoms with van der Waals surface area (Å²) in [5, 5.41) is 6.33. The number of rotatable bonds is 7. The second-order valence-electron chi connectivity index (χ2n) is 5.20. The van der Waals surface area contributed by atoms with Crippen molar-refractivity contribution < 1.29 is 19.1 Å². The Labute approximate surface area is 152 Å². The van der Waals surface area contributed by atoms with Crippen LogP contribution in [-0.2, 0) is 16.1 Å². The zero-order valence-corrected chi connectivity index (χ0v) is 14.7. The minimum Gasteiger partial charge on any atom is -0.497 e. The van der Waals surface area contributed by atoms with E-state index in [0.717, 1.165) is 11.3 Å². The van der Waals surface area contributed by atoms with Crippen LogP contribution in [0.3, 0.4) is 0 Å². The van der Waals surface area contributed by atoms with E-state index in [-0.39, 0.29) is 6.54 Å². The normalized spacial score (nSPS) is 10.4. The third kappa shape index (κ3) is 5.62. The first-order chi connectivity index (χ1) is 12.6. The highest BCUT2D eigenvalue weighted by atomic mass is 16.5. The first kappa shape index (κ1) is 19.0. The van der Waals surface area contributed by atoms with Crippen LogP contribution in [0.4, 0.5) is 0 Å². The van der Waals surface area contributed by atoms with Crippen LogP contribution in [0.5, 0.6) is 11.5 Å². The number of nitrogens with one attached hydrogen (secondary N) is 2. The highest BCUT2D eigenvalue weighted by Gasteiger charge is 2.12. The van der Waals surface area contributed by atoms with E-state index in [2.05, 4.69) is 15.8 Å². The van der Waals surface area contributed by atoms with Crippen molar-refractivity contribution in [2.45, 2.75) is 13.5 Å². The van der Waals surface area contributed by atoms with Gasteiger partial charge in [-0.3, -0.25) is 9.59 Å². The van der Waals surface area contributed by atoms with Crippen LogP contribution in [0.2, 0.25) is 0 Å². The van der Waals surface area contributed by atoms with Crippen molar-refractivity contribution in [1.29, 1.82) is 0 Å². The Balaban J connectivity index is 1.84. The standard InChI is InChI=1S/C19H21N3O4/c1-3-26-17-7-5-4-6-15(17)13-21-22-19(24)18(23)20-12-14-8-10-16(25-2)11-9-14/h4-11,13H,3,12H2,1-2H3,(H,20,23)(H,22,24)/b21-13-. The van der Waals surface area contributed by atoms with E-state index in [1.165, 1.54) is 6.21 Å². The van der Waals surface area contributed by atoms with Crippen LogP contribution in [-0.4, -0.2) is 31.7 Å². The number of para-hydroxylation sites is 1. The zero-order chi connectivity index (χ0) is 18.8. The van der Waals surface area contributed by atoms with Gasteiger partial charge < -0.3 is 14.8 Å². The summed E-state index contributed by atoms with van der Waals surface area (Å²) in [5.41, 5.74) is 3.75. The van der Waals surface area contributed by atoms with Crippen molar-refractivity contribution >= 4 is 18.0 Å². The molecule has 2 N–H and O–H groups in total. The zero-order valence-electron chi connectivity index (χ0n) is 14.7. The number of benzene rings is 2. The Kier molecular flexibility index (Phi) is 7.17. The molecule has 0 aromatic heterocycles. The third-order valence-electron chi connectivity index (χ3n) is 3.41. The Morgan fingerprint density at radius 3 is 2.50 bits per heavy atom. The third-order valence-corrected chi connectivity index (χ3v) is 3.41. The molecule has 0 aliphatic heterocycles. The fourth-order valence-corrected chi connectivity index (χ4v) is 2.09. The van der Waals surface area contributed by atoms with E-state index < -0.39 is 11.8 Å². The van der Waals surface area contributed by atoms with Crippen LogP contribution in [0.25, 0.3) is 0 Å². The fourth-order valence-electron chi connectivity index (χ4n) is 2.09. The van der Waals surface area contributed by atoms with Crippen LogP contribution in [0.1, 0.15) is 18.1 Å². The second-order valence-corrected chi connectivity index (χ2v) is 5.20. The van der Waals surface area contributed by atoms with Gasteiger partial charge in [0, 0.05) is 12.1 Å². The van der Waals surface area contributed by atoms with Crippen molar-refractivity contribution in [3.05, 3.63) is 59.7 Å². The molecule has 0 radical (unpaired) electrons. The molecular formula is C19H21N3O4. The molecule has 0 spiro atoms. The van der Waals surface area contributed by atoms with Crippen molar-refractivity contribution in [3.8, 4) is 11.5 Å². The lowest BCUT2D eigenvalue weighted by atomic mass is 10.2. The van der Waals surface area contributed by atoms with Gasteiger partial charge in [0.1, 0.15) is 11.5 Å². The summed E-state index contributed by atoms with van der Waals surface area (Å²) in [4.78, 5) is 23.6. The van der Waals surface area contributed by atoms with E-state index in [4.69, 9.17) is 9.47 Å². The lowest BCUT2D eigenvalue weighted by Gasteiger charge is -2.06. The SMILES string of the molecule is CCOc1ccccc1/C=N\NC(=O)C(=O)NCc1ccc(OC)cc1. The average molecular weight is 355 g/mol. The fraction of sp³-hybridized carbons (Fsp3) is 0.211. The summed E-state index contributed by atoms with van der Waals surface area (Å²) in [6.45, 7) is 2.63. The van der Waals surface area contributed by atoms with Gasteiger partial charge >= 0.3 is 11.8 Å². The summed E-state index contributed by atoms with van der Waals surface area (Å²) in [5.74, 6) is -0.240. The smallest absolute Gasteiger partial charge is 0.329 e. The molecule has 0 bridgehead atoms. The van der Waals surface area contributed by atoms with Crippen LogP contribution >= 0.6 is 0 Å². The topological polar surface area (TPSA) is 89.0 Å². The number of methoxy groups -OCH3 is 1. The predicted octanol–water partition coefficient (Wildman–Crippen LogP) is 1.86. The molecule has 0 heterocycles. The van der Waals surface area contributed by atoms with Gasteiger partial charge in [0.05, 0.1) is 19.9 Å². The number of carbonyl (C=O) groups is 2. The lowest BCUT2D eigenvalue weighted by molar-refractivity contribution is -0.139. The second kappa shape index (κ2) is 9.83. The highest BCUT2D eigenvalue weighted by Crippen LogP contribution is 2.15. The van der Waals surface area contributed by atoms with Crippen molar-refractivity contribution in [2.24, 2.45) is 5.10 Å². The summed E-state index contributed by atoms with van der Waals surface area (Å²) in [7, 11) is 1.58. The highest BCUT2D eigenvalue weighted by molar-refractivity contribution is 6.35.